The predicted molar refractivity (Wildman–Crippen MR) is 123 cm³/mol. The Balaban J connectivity index is 1.60. The van der Waals surface area contributed by atoms with Crippen LogP contribution >= 0.6 is 35.0 Å². The molecule has 3 aromatic rings. The van der Waals surface area contributed by atoms with E-state index in [2.05, 4.69) is 20.4 Å². The number of nitrogens with zero attached hydrogens (tertiary/aromatic N) is 4. The largest absolute Gasteiger partial charge is 0.341 e. The lowest BCUT2D eigenvalue weighted by Crippen LogP contribution is -2.24. The molecule has 2 aromatic carbocycles. The molecule has 1 saturated heterocycles. The molecule has 0 aliphatic carbocycles. The van der Waals surface area contributed by atoms with Crippen molar-refractivity contribution < 1.29 is 4.79 Å². The first-order valence-corrected chi connectivity index (χ1v) is 11.3. The Labute approximate surface area is 189 Å². The van der Waals surface area contributed by atoms with Crippen LogP contribution in [0.25, 0.3) is 5.69 Å². The summed E-state index contributed by atoms with van der Waals surface area (Å²) in [4.78, 5) is 15.0. The summed E-state index contributed by atoms with van der Waals surface area (Å²) in [6, 6.07) is 14.7. The molecule has 4 rings (SSSR count). The highest BCUT2D eigenvalue weighted by molar-refractivity contribution is 8.00. The van der Waals surface area contributed by atoms with E-state index in [-0.39, 0.29) is 5.91 Å². The molecular formula is C21H21Cl2N5OS. The minimum atomic E-state index is -0.408. The van der Waals surface area contributed by atoms with Crippen molar-refractivity contribution in [2.24, 2.45) is 0 Å². The third kappa shape index (κ3) is 4.58. The van der Waals surface area contributed by atoms with Crippen molar-refractivity contribution in [3.63, 3.8) is 0 Å². The van der Waals surface area contributed by atoms with E-state index in [1.807, 2.05) is 47.9 Å². The van der Waals surface area contributed by atoms with Crippen LogP contribution in [0.5, 0.6) is 0 Å². The molecule has 0 radical (unpaired) electrons. The van der Waals surface area contributed by atoms with E-state index in [0.717, 1.165) is 37.6 Å². The van der Waals surface area contributed by atoms with Crippen molar-refractivity contribution in [1.82, 2.24) is 14.8 Å². The van der Waals surface area contributed by atoms with E-state index in [9.17, 15) is 4.79 Å². The summed E-state index contributed by atoms with van der Waals surface area (Å²) in [5.41, 5.74) is 1.46. The van der Waals surface area contributed by atoms with Crippen molar-refractivity contribution in [3.05, 3.63) is 58.6 Å². The van der Waals surface area contributed by atoms with Gasteiger partial charge in [0.1, 0.15) is 0 Å². The van der Waals surface area contributed by atoms with Crippen LogP contribution in [0.4, 0.5) is 11.6 Å². The lowest BCUT2D eigenvalue weighted by atomic mass is 10.3. The molecule has 6 nitrogen and oxygen atoms in total. The average Bonchev–Trinajstić information content (AvgIpc) is 3.39. The molecule has 1 unspecified atom stereocenters. The second-order valence-corrected chi connectivity index (χ2v) is 9.17. The Hall–Kier alpha value is -2.22. The monoisotopic (exact) mass is 461 g/mol. The zero-order chi connectivity index (χ0) is 21.1. The van der Waals surface area contributed by atoms with E-state index in [1.165, 1.54) is 11.8 Å². The number of hydrogen-bond acceptors (Lipinski definition) is 5. The lowest BCUT2D eigenvalue weighted by molar-refractivity contribution is -0.115. The molecule has 0 bridgehead atoms. The van der Waals surface area contributed by atoms with Crippen LogP contribution < -0.4 is 10.2 Å². The van der Waals surface area contributed by atoms with E-state index in [0.29, 0.717) is 20.9 Å². The molecule has 0 spiro atoms. The fourth-order valence-electron chi connectivity index (χ4n) is 3.31. The fraction of sp³-hybridized carbons (Fsp3) is 0.286. The smallest absolute Gasteiger partial charge is 0.237 e. The number of hydrogen-bond donors (Lipinski definition) is 1. The summed E-state index contributed by atoms with van der Waals surface area (Å²) in [5.74, 6) is 0.618. The van der Waals surface area contributed by atoms with Crippen LogP contribution in [0.1, 0.15) is 19.8 Å². The normalized spacial score (nSPS) is 14.7. The summed E-state index contributed by atoms with van der Waals surface area (Å²) in [6.07, 6.45) is 2.25. The summed E-state index contributed by atoms with van der Waals surface area (Å²) in [5, 5.41) is 13.1. The third-order valence-corrected chi connectivity index (χ3v) is 6.46. The molecule has 1 aliphatic rings. The molecule has 1 atom stereocenters. The number of benzene rings is 2. The number of rotatable bonds is 6. The summed E-state index contributed by atoms with van der Waals surface area (Å²) in [6.45, 7) is 3.71. The maximum absolute atomic E-state index is 12.8. The Bertz CT molecular complexity index is 1050. The summed E-state index contributed by atoms with van der Waals surface area (Å²) in [7, 11) is 0. The van der Waals surface area contributed by atoms with Gasteiger partial charge >= 0.3 is 0 Å². The minimum absolute atomic E-state index is 0.156. The summed E-state index contributed by atoms with van der Waals surface area (Å²) >= 11 is 13.7. The Morgan fingerprint density at radius 2 is 1.87 bits per heavy atom. The second-order valence-electron chi connectivity index (χ2n) is 7.02. The molecular weight excluding hydrogens is 441 g/mol. The molecule has 1 aromatic heterocycles. The first-order valence-electron chi connectivity index (χ1n) is 9.71. The number of carbonyl (C=O) groups is 1. The topological polar surface area (TPSA) is 63.1 Å². The van der Waals surface area contributed by atoms with Gasteiger partial charge in [0.05, 0.1) is 21.6 Å². The maximum Gasteiger partial charge on any atom is 0.237 e. The van der Waals surface area contributed by atoms with Gasteiger partial charge in [0.25, 0.3) is 0 Å². The van der Waals surface area contributed by atoms with Crippen molar-refractivity contribution in [1.29, 1.82) is 0 Å². The standard InChI is InChI=1S/C21H21Cl2N5OS/c1-14(19(29)24-18-10-3-2-9-17(18)23)30-21-26-25-20(27-11-4-5-12-27)28(21)16-8-6-7-15(22)13-16/h2-3,6-10,13-14H,4-5,11-12H2,1H3,(H,24,29). The average molecular weight is 462 g/mol. The molecule has 0 saturated carbocycles. The first-order chi connectivity index (χ1) is 14.5. The number of halogens is 2. The minimum Gasteiger partial charge on any atom is -0.341 e. The van der Waals surface area contributed by atoms with E-state index in [1.54, 1.807) is 12.1 Å². The van der Waals surface area contributed by atoms with Gasteiger partial charge in [0.15, 0.2) is 5.16 Å². The molecule has 156 valence electrons. The van der Waals surface area contributed by atoms with Gasteiger partial charge < -0.3 is 10.2 Å². The maximum atomic E-state index is 12.8. The number of thioether (sulfide) groups is 1. The van der Waals surface area contributed by atoms with Gasteiger partial charge in [0, 0.05) is 18.1 Å². The zero-order valence-corrected chi connectivity index (χ0v) is 18.7. The summed E-state index contributed by atoms with van der Waals surface area (Å²) < 4.78 is 1.97. The van der Waals surface area contributed by atoms with Crippen molar-refractivity contribution in [2.75, 3.05) is 23.3 Å². The Morgan fingerprint density at radius 3 is 2.60 bits per heavy atom. The number of para-hydroxylation sites is 1. The molecule has 1 amide bonds. The van der Waals surface area contributed by atoms with E-state index < -0.39 is 5.25 Å². The van der Waals surface area contributed by atoms with Gasteiger partial charge in [0.2, 0.25) is 11.9 Å². The number of amides is 1. The van der Waals surface area contributed by atoms with E-state index in [4.69, 9.17) is 23.2 Å². The van der Waals surface area contributed by atoms with Gasteiger partial charge in [-0.15, -0.1) is 10.2 Å². The van der Waals surface area contributed by atoms with Crippen LogP contribution in [0.3, 0.4) is 0 Å². The highest BCUT2D eigenvalue weighted by Crippen LogP contribution is 2.32. The number of aromatic nitrogens is 3. The molecule has 9 heteroatoms. The number of anilines is 2. The first kappa shape index (κ1) is 21.0. The van der Waals surface area contributed by atoms with Crippen LogP contribution in [0.2, 0.25) is 10.0 Å². The van der Waals surface area contributed by atoms with Crippen molar-refractivity contribution >= 4 is 52.5 Å². The Kier molecular flexibility index (Phi) is 6.51. The zero-order valence-electron chi connectivity index (χ0n) is 16.4. The highest BCUT2D eigenvalue weighted by Gasteiger charge is 2.25. The highest BCUT2D eigenvalue weighted by atomic mass is 35.5. The molecule has 1 aliphatic heterocycles. The lowest BCUT2D eigenvalue weighted by Gasteiger charge is -2.19. The number of nitrogens with one attached hydrogen (secondary N) is 1. The van der Waals surface area contributed by atoms with Gasteiger partial charge in [-0.2, -0.15) is 0 Å². The van der Waals surface area contributed by atoms with Crippen molar-refractivity contribution in [2.45, 2.75) is 30.2 Å². The quantitative estimate of drug-likeness (QED) is 0.504. The molecule has 1 N–H and O–H groups in total. The van der Waals surface area contributed by atoms with Gasteiger partial charge in [-0.05, 0) is 50.1 Å². The predicted octanol–water partition coefficient (Wildman–Crippen LogP) is 5.29. The van der Waals surface area contributed by atoms with Crippen LogP contribution in [0, 0.1) is 0 Å². The molecule has 1 fully saturated rings. The molecule has 30 heavy (non-hydrogen) atoms. The van der Waals surface area contributed by atoms with Gasteiger partial charge in [-0.1, -0.05) is 53.2 Å². The van der Waals surface area contributed by atoms with Crippen molar-refractivity contribution in [3.8, 4) is 5.69 Å². The van der Waals surface area contributed by atoms with Crippen LogP contribution in [-0.4, -0.2) is 39.0 Å². The number of carbonyl (C=O) groups excluding carboxylic acids is 1. The second kappa shape index (κ2) is 9.29. The van der Waals surface area contributed by atoms with E-state index >= 15 is 0 Å². The fourth-order valence-corrected chi connectivity index (χ4v) is 4.54. The van der Waals surface area contributed by atoms with Crippen LogP contribution in [-0.2, 0) is 4.79 Å². The SMILES string of the molecule is CC(Sc1nnc(N2CCCC2)n1-c1cccc(Cl)c1)C(=O)Nc1ccccc1Cl. The Morgan fingerprint density at radius 1 is 1.10 bits per heavy atom. The van der Waals surface area contributed by atoms with Gasteiger partial charge in [-0.3, -0.25) is 9.36 Å². The molecule has 2 heterocycles. The third-order valence-electron chi connectivity index (χ3n) is 4.85. The van der Waals surface area contributed by atoms with Gasteiger partial charge in [-0.25, -0.2) is 0 Å². The van der Waals surface area contributed by atoms with Crippen LogP contribution in [0.15, 0.2) is 53.7 Å².